The fourth-order valence-corrected chi connectivity index (χ4v) is 4.92. The second-order valence-electron chi connectivity index (χ2n) is 5.24. The Hall–Kier alpha value is -0.990. The van der Waals surface area contributed by atoms with Crippen LogP contribution in [0.5, 0.6) is 0 Å². The predicted octanol–water partition coefficient (Wildman–Crippen LogP) is -0.651. The van der Waals surface area contributed by atoms with Gasteiger partial charge in [-0.3, -0.25) is 9.09 Å². The minimum absolute atomic E-state index is 0.0318. The zero-order valence-corrected chi connectivity index (χ0v) is 16.6. The van der Waals surface area contributed by atoms with Gasteiger partial charge in [-0.05, 0) is 6.92 Å². The van der Waals surface area contributed by atoms with Crippen LogP contribution in [0.3, 0.4) is 0 Å². The summed E-state index contributed by atoms with van der Waals surface area (Å²) in [4.78, 5) is 50.7. The van der Waals surface area contributed by atoms with Gasteiger partial charge in [-0.2, -0.15) is 13.6 Å². The molecule has 1 saturated heterocycles. The quantitative estimate of drug-likeness (QED) is 0.298. The van der Waals surface area contributed by atoms with Crippen molar-refractivity contribution in [3.05, 3.63) is 22.2 Å². The number of nitrogens with zero attached hydrogens (tertiary/aromatic N) is 2. The molecule has 1 aliphatic heterocycles. The number of aromatic nitrogens is 2. The second kappa shape index (κ2) is 8.40. The van der Waals surface area contributed by atoms with Gasteiger partial charge >= 0.3 is 29.2 Å². The van der Waals surface area contributed by atoms with Crippen LogP contribution in [0.15, 0.2) is 11.0 Å². The van der Waals surface area contributed by atoms with Crippen LogP contribution in [0.2, 0.25) is 0 Å². The van der Waals surface area contributed by atoms with E-state index in [0.717, 1.165) is 4.57 Å². The summed E-state index contributed by atoms with van der Waals surface area (Å²) >= 11 is 0. The van der Waals surface area contributed by atoms with E-state index in [1.807, 2.05) is 0 Å². The minimum atomic E-state index is -5.62. The Morgan fingerprint density at radius 1 is 1.25 bits per heavy atom. The van der Waals surface area contributed by atoms with E-state index < -0.39 is 48.3 Å². The summed E-state index contributed by atoms with van der Waals surface area (Å²) in [5, 5.41) is 0. The van der Waals surface area contributed by atoms with Crippen LogP contribution in [-0.2, 0) is 36.3 Å². The SMILES string of the molecule is Cc1cn(C2COC(COP(=O)(O)OP(=O)(O)OP(=O)(O)O)O2)c(=O)nc1N. The van der Waals surface area contributed by atoms with E-state index in [9.17, 15) is 23.4 Å². The van der Waals surface area contributed by atoms with Gasteiger partial charge in [0.2, 0.25) is 0 Å². The van der Waals surface area contributed by atoms with E-state index in [0.29, 0.717) is 5.56 Å². The first kappa shape index (κ1) is 23.3. The van der Waals surface area contributed by atoms with E-state index in [1.165, 1.54) is 6.20 Å². The molecule has 2 rings (SSSR count). The standard InChI is InChI=1S/C9H16N3O13P3/c1-5-2-12(9(13)11-8(5)10)6-3-21-7(23-6)4-22-27(17,18)25-28(19,20)24-26(14,15)16/h2,6-7H,3-4H2,1H3,(H,17,18)(H,19,20)(H2,10,11,13)(H2,14,15,16). The zero-order valence-electron chi connectivity index (χ0n) is 13.9. The largest absolute Gasteiger partial charge is 0.490 e. The van der Waals surface area contributed by atoms with Gasteiger partial charge in [0.15, 0.2) is 12.5 Å². The highest BCUT2D eigenvalue weighted by atomic mass is 31.3. The molecule has 1 aliphatic rings. The summed E-state index contributed by atoms with van der Waals surface area (Å²) in [6.07, 6.45) is -0.892. The zero-order chi connectivity index (χ0) is 21.3. The van der Waals surface area contributed by atoms with E-state index in [1.54, 1.807) is 6.92 Å². The number of aryl methyl sites for hydroxylation is 1. The Kier molecular flexibility index (Phi) is 6.99. The number of nitrogen functional groups attached to an aromatic ring is 1. The third-order valence-corrected chi connectivity index (χ3v) is 6.81. The van der Waals surface area contributed by atoms with Gasteiger partial charge in [-0.25, -0.2) is 18.5 Å². The summed E-state index contributed by atoms with van der Waals surface area (Å²) in [6.45, 7) is 0.618. The molecule has 0 spiro atoms. The lowest BCUT2D eigenvalue weighted by Crippen LogP contribution is -2.29. The molecule has 0 radical (unpaired) electrons. The van der Waals surface area contributed by atoms with E-state index in [4.69, 9.17) is 29.9 Å². The lowest BCUT2D eigenvalue weighted by molar-refractivity contribution is -0.0973. The molecule has 28 heavy (non-hydrogen) atoms. The highest BCUT2D eigenvalue weighted by Gasteiger charge is 2.41. The molecular formula is C9H16N3O13P3. The lowest BCUT2D eigenvalue weighted by Gasteiger charge is -2.18. The molecule has 160 valence electrons. The highest BCUT2D eigenvalue weighted by Crippen LogP contribution is 2.66. The first-order valence-corrected chi connectivity index (χ1v) is 11.6. The van der Waals surface area contributed by atoms with Crippen molar-refractivity contribution in [1.29, 1.82) is 0 Å². The minimum Gasteiger partial charge on any atom is -0.383 e. The molecule has 19 heteroatoms. The molecule has 0 saturated carbocycles. The summed E-state index contributed by atoms with van der Waals surface area (Å²) in [5.74, 6) is 0.0318. The molecule has 4 unspecified atom stereocenters. The van der Waals surface area contributed by atoms with Gasteiger partial charge in [0.1, 0.15) is 12.4 Å². The Bertz CT molecular complexity index is 928. The van der Waals surface area contributed by atoms with Crippen molar-refractivity contribution in [2.45, 2.75) is 19.4 Å². The van der Waals surface area contributed by atoms with Crippen LogP contribution in [0, 0.1) is 6.92 Å². The average Bonchev–Trinajstić information content (AvgIpc) is 2.94. The van der Waals surface area contributed by atoms with Crippen molar-refractivity contribution >= 4 is 29.3 Å². The van der Waals surface area contributed by atoms with Crippen molar-refractivity contribution in [3.8, 4) is 0 Å². The highest BCUT2D eigenvalue weighted by molar-refractivity contribution is 7.66. The molecule has 4 atom stereocenters. The number of hydrogen-bond acceptors (Lipinski definition) is 11. The monoisotopic (exact) mass is 467 g/mol. The Balaban J connectivity index is 1.95. The van der Waals surface area contributed by atoms with Gasteiger partial charge in [0, 0.05) is 11.8 Å². The number of phosphoric ester groups is 1. The smallest absolute Gasteiger partial charge is 0.383 e. The van der Waals surface area contributed by atoms with Crippen LogP contribution >= 0.6 is 23.5 Å². The third kappa shape index (κ3) is 6.81. The third-order valence-electron chi connectivity index (χ3n) is 3.01. The molecule has 2 heterocycles. The maximum Gasteiger partial charge on any atom is 0.490 e. The van der Waals surface area contributed by atoms with Crippen molar-refractivity contribution in [1.82, 2.24) is 9.55 Å². The van der Waals surface area contributed by atoms with Crippen molar-refractivity contribution in [2.75, 3.05) is 18.9 Å². The van der Waals surface area contributed by atoms with E-state index in [2.05, 4.69) is 18.1 Å². The average molecular weight is 467 g/mol. The molecular weight excluding hydrogens is 451 g/mol. The molecule has 1 aromatic rings. The summed E-state index contributed by atoms with van der Waals surface area (Å²) < 4.78 is 56.3. The maximum absolute atomic E-state index is 11.8. The van der Waals surface area contributed by atoms with Gasteiger partial charge in [0.05, 0.1) is 6.61 Å². The molecule has 0 aliphatic carbocycles. The lowest BCUT2D eigenvalue weighted by atomic mass is 10.3. The van der Waals surface area contributed by atoms with Gasteiger partial charge < -0.3 is 34.8 Å². The van der Waals surface area contributed by atoms with Crippen molar-refractivity contribution in [2.24, 2.45) is 0 Å². The van der Waals surface area contributed by atoms with Gasteiger partial charge in [0.25, 0.3) is 0 Å². The topological polar surface area (TPSA) is 239 Å². The molecule has 0 bridgehead atoms. The van der Waals surface area contributed by atoms with Crippen LogP contribution in [0.4, 0.5) is 5.82 Å². The first-order valence-electron chi connectivity index (χ1n) is 7.08. The Morgan fingerprint density at radius 2 is 1.89 bits per heavy atom. The van der Waals surface area contributed by atoms with Gasteiger partial charge in [-0.1, -0.05) is 0 Å². The van der Waals surface area contributed by atoms with E-state index in [-0.39, 0.29) is 12.4 Å². The summed E-state index contributed by atoms with van der Waals surface area (Å²) in [7, 11) is -16.4. The second-order valence-corrected chi connectivity index (χ2v) is 9.66. The fourth-order valence-electron chi connectivity index (χ4n) is 1.92. The molecule has 0 amide bonds. The van der Waals surface area contributed by atoms with Crippen LogP contribution in [0.1, 0.15) is 11.8 Å². The summed E-state index contributed by atoms with van der Waals surface area (Å²) in [6, 6.07) is 0. The number of phosphoric acid groups is 3. The Labute approximate surface area is 156 Å². The van der Waals surface area contributed by atoms with Gasteiger partial charge in [-0.15, -0.1) is 0 Å². The number of hydrogen-bond donors (Lipinski definition) is 5. The molecule has 1 aromatic heterocycles. The Morgan fingerprint density at radius 3 is 2.50 bits per heavy atom. The van der Waals surface area contributed by atoms with Crippen molar-refractivity contribution < 1.29 is 55.9 Å². The number of nitrogens with two attached hydrogens (primary N) is 1. The number of ether oxygens (including phenoxy) is 2. The molecule has 6 N–H and O–H groups in total. The first-order chi connectivity index (χ1) is 12.7. The molecule has 16 nitrogen and oxygen atoms in total. The fraction of sp³-hybridized carbons (Fsp3) is 0.556. The maximum atomic E-state index is 11.8. The molecule has 1 fully saturated rings. The normalized spacial score (nSPS) is 24.6. The summed E-state index contributed by atoms with van der Waals surface area (Å²) in [5.41, 5.74) is 5.26. The van der Waals surface area contributed by atoms with E-state index >= 15 is 0 Å². The van der Waals surface area contributed by atoms with Crippen LogP contribution < -0.4 is 11.4 Å². The number of anilines is 1. The van der Waals surface area contributed by atoms with Crippen molar-refractivity contribution in [3.63, 3.8) is 0 Å². The van der Waals surface area contributed by atoms with Crippen LogP contribution in [-0.4, -0.2) is 48.6 Å². The molecule has 0 aromatic carbocycles. The number of rotatable bonds is 8. The predicted molar refractivity (Wildman–Crippen MR) is 87.3 cm³/mol. The van der Waals surface area contributed by atoms with Crippen LogP contribution in [0.25, 0.3) is 0 Å².